The summed E-state index contributed by atoms with van der Waals surface area (Å²) in [5.41, 5.74) is 1.53. The molecule has 1 aromatic heterocycles. The Kier molecular flexibility index (Phi) is 4.33. The molecule has 0 spiro atoms. The van der Waals surface area contributed by atoms with Gasteiger partial charge in [-0.1, -0.05) is 20.8 Å². The van der Waals surface area contributed by atoms with Crippen LogP contribution in [-0.4, -0.2) is 17.6 Å². The minimum atomic E-state index is 0.439. The average molecular weight is 262 g/mol. The van der Waals surface area contributed by atoms with Crippen molar-refractivity contribution in [1.29, 1.82) is 0 Å². The van der Waals surface area contributed by atoms with Crippen LogP contribution in [0.5, 0.6) is 5.88 Å². The van der Waals surface area contributed by atoms with Gasteiger partial charge < -0.3 is 10.1 Å². The van der Waals surface area contributed by atoms with Gasteiger partial charge in [-0.05, 0) is 43.6 Å². The molecule has 2 unspecified atom stereocenters. The molecule has 1 aromatic rings. The third-order valence-corrected chi connectivity index (χ3v) is 3.79. The Hall–Kier alpha value is -1.25. The van der Waals surface area contributed by atoms with Crippen LogP contribution < -0.4 is 10.1 Å². The third-order valence-electron chi connectivity index (χ3n) is 3.79. The van der Waals surface area contributed by atoms with Crippen molar-refractivity contribution in [3.63, 3.8) is 0 Å². The Morgan fingerprint density at radius 3 is 2.74 bits per heavy atom. The van der Waals surface area contributed by atoms with Gasteiger partial charge in [0.25, 0.3) is 0 Å². The van der Waals surface area contributed by atoms with E-state index in [0.717, 1.165) is 11.6 Å². The van der Waals surface area contributed by atoms with E-state index in [-0.39, 0.29) is 0 Å². The van der Waals surface area contributed by atoms with E-state index >= 15 is 0 Å². The summed E-state index contributed by atoms with van der Waals surface area (Å²) in [6.45, 7) is 9.72. The number of hydrogen-bond acceptors (Lipinski definition) is 3. The number of aromatic nitrogens is 1. The third kappa shape index (κ3) is 4.12. The molecule has 0 amide bonds. The van der Waals surface area contributed by atoms with E-state index in [1.165, 1.54) is 19.3 Å². The summed E-state index contributed by atoms with van der Waals surface area (Å²) in [7, 11) is 0. The Morgan fingerprint density at radius 1 is 1.37 bits per heavy atom. The second-order valence-electron chi connectivity index (χ2n) is 6.57. The average Bonchev–Trinajstić information content (AvgIpc) is 2.29. The Balaban J connectivity index is 1.96. The Morgan fingerprint density at radius 2 is 2.16 bits per heavy atom. The summed E-state index contributed by atoms with van der Waals surface area (Å²) >= 11 is 0. The molecule has 1 N–H and O–H groups in total. The summed E-state index contributed by atoms with van der Waals surface area (Å²) in [6.07, 6.45) is 5.67. The van der Waals surface area contributed by atoms with Gasteiger partial charge in [0.15, 0.2) is 0 Å². The summed E-state index contributed by atoms with van der Waals surface area (Å²) in [6, 6.07) is 4.55. The SMILES string of the molecule is CCOc1ccc(NC2CC(C)CC(C)(C)C2)cn1. The zero-order chi connectivity index (χ0) is 13.9. The highest BCUT2D eigenvalue weighted by Gasteiger charge is 2.31. The van der Waals surface area contributed by atoms with Crippen molar-refractivity contribution >= 4 is 5.69 Å². The van der Waals surface area contributed by atoms with Gasteiger partial charge >= 0.3 is 0 Å². The number of nitrogens with one attached hydrogen (secondary N) is 1. The molecule has 1 aliphatic rings. The predicted octanol–water partition coefficient (Wildman–Crippen LogP) is 4.11. The number of rotatable bonds is 4. The highest BCUT2D eigenvalue weighted by atomic mass is 16.5. The molecular formula is C16H26N2O. The highest BCUT2D eigenvalue weighted by molar-refractivity contribution is 5.43. The fourth-order valence-electron chi connectivity index (χ4n) is 3.39. The van der Waals surface area contributed by atoms with Crippen molar-refractivity contribution in [2.75, 3.05) is 11.9 Å². The van der Waals surface area contributed by atoms with Crippen molar-refractivity contribution < 1.29 is 4.74 Å². The van der Waals surface area contributed by atoms with Crippen LogP contribution in [0.3, 0.4) is 0 Å². The van der Waals surface area contributed by atoms with Gasteiger partial charge in [0, 0.05) is 12.1 Å². The van der Waals surface area contributed by atoms with Crippen LogP contribution >= 0.6 is 0 Å². The van der Waals surface area contributed by atoms with Crippen molar-refractivity contribution in [2.24, 2.45) is 11.3 Å². The first-order chi connectivity index (χ1) is 8.98. The minimum absolute atomic E-state index is 0.439. The van der Waals surface area contributed by atoms with Crippen molar-refractivity contribution in [3.8, 4) is 5.88 Å². The highest BCUT2D eigenvalue weighted by Crippen LogP contribution is 2.39. The molecule has 1 aliphatic carbocycles. The van der Waals surface area contributed by atoms with E-state index in [9.17, 15) is 0 Å². The van der Waals surface area contributed by atoms with Crippen LogP contribution in [0.15, 0.2) is 18.3 Å². The minimum Gasteiger partial charge on any atom is -0.478 e. The zero-order valence-electron chi connectivity index (χ0n) is 12.6. The van der Waals surface area contributed by atoms with E-state index in [1.54, 1.807) is 0 Å². The molecule has 0 bridgehead atoms. The molecule has 0 saturated heterocycles. The Bertz CT molecular complexity index is 400. The van der Waals surface area contributed by atoms with E-state index in [1.807, 2.05) is 19.2 Å². The largest absolute Gasteiger partial charge is 0.478 e. The summed E-state index contributed by atoms with van der Waals surface area (Å²) in [4.78, 5) is 4.30. The number of ether oxygens (including phenoxy) is 1. The molecule has 1 heterocycles. The lowest BCUT2D eigenvalue weighted by atomic mass is 9.70. The quantitative estimate of drug-likeness (QED) is 0.886. The summed E-state index contributed by atoms with van der Waals surface area (Å²) in [5, 5.41) is 3.62. The summed E-state index contributed by atoms with van der Waals surface area (Å²) in [5.74, 6) is 1.49. The smallest absolute Gasteiger partial charge is 0.213 e. The van der Waals surface area contributed by atoms with Gasteiger partial charge in [0.2, 0.25) is 5.88 Å². The Labute approximate surface area is 116 Å². The monoisotopic (exact) mass is 262 g/mol. The molecule has 1 saturated carbocycles. The van der Waals surface area contributed by atoms with Crippen LogP contribution in [0.1, 0.15) is 47.0 Å². The molecule has 3 heteroatoms. The van der Waals surface area contributed by atoms with Crippen LogP contribution in [0, 0.1) is 11.3 Å². The normalized spacial score (nSPS) is 25.9. The first-order valence-electron chi connectivity index (χ1n) is 7.34. The van der Waals surface area contributed by atoms with Gasteiger partial charge in [-0.15, -0.1) is 0 Å². The number of nitrogens with zero attached hydrogens (tertiary/aromatic N) is 1. The maximum absolute atomic E-state index is 5.36. The lowest BCUT2D eigenvalue weighted by Gasteiger charge is -2.39. The molecule has 1 fully saturated rings. The van der Waals surface area contributed by atoms with Gasteiger partial charge in [-0.25, -0.2) is 4.98 Å². The molecule has 0 aliphatic heterocycles. The fraction of sp³-hybridized carbons (Fsp3) is 0.688. The lowest BCUT2D eigenvalue weighted by molar-refractivity contribution is 0.178. The first-order valence-corrected chi connectivity index (χ1v) is 7.34. The van der Waals surface area contributed by atoms with Crippen LogP contribution in [-0.2, 0) is 0 Å². The second-order valence-corrected chi connectivity index (χ2v) is 6.57. The molecular weight excluding hydrogens is 236 g/mol. The van der Waals surface area contributed by atoms with Crippen molar-refractivity contribution in [1.82, 2.24) is 4.98 Å². The number of pyridine rings is 1. The van der Waals surface area contributed by atoms with Gasteiger partial charge in [0.1, 0.15) is 0 Å². The predicted molar refractivity (Wildman–Crippen MR) is 79.6 cm³/mol. The van der Waals surface area contributed by atoms with Crippen molar-refractivity contribution in [3.05, 3.63) is 18.3 Å². The number of hydrogen-bond donors (Lipinski definition) is 1. The van der Waals surface area contributed by atoms with Crippen LogP contribution in [0.2, 0.25) is 0 Å². The molecule has 0 aromatic carbocycles. The number of anilines is 1. The first kappa shape index (κ1) is 14.2. The fourth-order valence-corrected chi connectivity index (χ4v) is 3.39. The van der Waals surface area contributed by atoms with E-state index in [0.29, 0.717) is 23.9 Å². The van der Waals surface area contributed by atoms with E-state index < -0.39 is 0 Å². The molecule has 3 nitrogen and oxygen atoms in total. The van der Waals surface area contributed by atoms with Gasteiger partial charge in [0.05, 0.1) is 18.5 Å². The molecule has 2 atom stereocenters. The molecule has 0 radical (unpaired) electrons. The molecule has 19 heavy (non-hydrogen) atoms. The molecule has 106 valence electrons. The maximum atomic E-state index is 5.36. The standard InChI is InChI=1S/C16H26N2O/c1-5-19-15-7-6-13(11-17-15)18-14-8-12(2)9-16(3,4)10-14/h6-7,11-12,14,18H,5,8-10H2,1-4H3. The second kappa shape index (κ2) is 5.81. The van der Waals surface area contributed by atoms with Gasteiger partial charge in [-0.3, -0.25) is 0 Å². The zero-order valence-corrected chi connectivity index (χ0v) is 12.6. The molecule has 2 rings (SSSR count). The van der Waals surface area contributed by atoms with Gasteiger partial charge in [-0.2, -0.15) is 0 Å². The lowest BCUT2D eigenvalue weighted by Crippen LogP contribution is -2.35. The van der Waals surface area contributed by atoms with Crippen LogP contribution in [0.25, 0.3) is 0 Å². The maximum Gasteiger partial charge on any atom is 0.213 e. The van der Waals surface area contributed by atoms with Crippen LogP contribution in [0.4, 0.5) is 5.69 Å². The van der Waals surface area contributed by atoms with E-state index in [2.05, 4.69) is 37.1 Å². The van der Waals surface area contributed by atoms with E-state index in [4.69, 9.17) is 4.74 Å². The van der Waals surface area contributed by atoms with Crippen molar-refractivity contribution in [2.45, 2.75) is 53.0 Å². The topological polar surface area (TPSA) is 34.1 Å². The summed E-state index contributed by atoms with van der Waals surface area (Å²) < 4.78 is 5.36.